The highest BCUT2D eigenvalue weighted by Gasteiger charge is 2.17. The van der Waals surface area contributed by atoms with Crippen LogP contribution in [0.4, 0.5) is 11.5 Å². The van der Waals surface area contributed by atoms with Gasteiger partial charge in [-0.1, -0.05) is 0 Å². The zero-order valence-corrected chi connectivity index (χ0v) is 15.4. The van der Waals surface area contributed by atoms with Crippen LogP contribution in [0, 0.1) is 13.8 Å². The van der Waals surface area contributed by atoms with Gasteiger partial charge in [0.15, 0.2) is 0 Å². The topological polar surface area (TPSA) is 76.6 Å². The molecule has 26 heavy (non-hydrogen) atoms. The van der Waals surface area contributed by atoms with Crippen LogP contribution in [0.25, 0.3) is 0 Å². The number of morpholine rings is 1. The summed E-state index contributed by atoms with van der Waals surface area (Å²) >= 11 is 0. The van der Waals surface area contributed by atoms with Gasteiger partial charge in [0.2, 0.25) is 5.88 Å². The van der Waals surface area contributed by atoms with E-state index in [-0.39, 0.29) is 5.91 Å². The molecule has 1 aliphatic rings. The van der Waals surface area contributed by atoms with Crippen molar-refractivity contribution in [1.82, 2.24) is 9.97 Å². The minimum absolute atomic E-state index is 0.259. The average Bonchev–Trinajstić information content (AvgIpc) is 2.64. The first-order valence-corrected chi connectivity index (χ1v) is 8.80. The summed E-state index contributed by atoms with van der Waals surface area (Å²) in [5.74, 6) is 0.987. The van der Waals surface area contributed by atoms with Gasteiger partial charge in [0.25, 0.3) is 5.91 Å². The number of hydrogen-bond donors (Lipinski definition) is 1. The van der Waals surface area contributed by atoms with E-state index in [9.17, 15) is 4.79 Å². The third kappa shape index (κ3) is 4.11. The summed E-state index contributed by atoms with van der Waals surface area (Å²) in [6, 6.07) is 7.33. The van der Waals surface area contributed by atoms with Gasteiger partial charge in [0.1, 0.15) is 11.4 Å². The molecule has 0 atom stereocenters. The van der Waals surface area contributed by atoms with E-state index in [4.69, 9.17) is 9.47 Å². The number of rotatable bonds is 5. The number of anilines is 2. The van der Waals surface area contributed by atoms with E-state index < -0.39 is 0 Å². The van der Waals surface area contributed by atoms with Crippen molar-refractivity contribution < 1.29 is 14.3 Å². The van der Waals surface area contributed by atoms with Gasteiger partial charge in [-0.05, 0) is 45.0 Å². The van der Waals surface area contributed by atoms with Crippen LogP contribution in [0.5, 0.6) is 5.88 Å². The predicted molar refractivity (Wildman–Crippen MR) is 100 cm³/mol. The molecule has 0 aromatic carbocycles. The Kier molecular flexibility index (Phi) is 5.68. The minimum Gasteiger partial charge on any atom is -0.477 e. The Balaban J connectivity index is 1.77. The number of amides is 1. The van der Waals surface area contributed by atoms with Crippen molar-refractivity contribution in [3.63, 3.8) is 0 Å². The Hall–Kier alpha value is -2.67. The largest absolute Gasteiger partial charge is 0.477 e. The molecule has 0 aliphatic carbocycles. The van der Waals surface area contributed by atoms with Crippen LogP contribution in [-0.4, -0.2) is 48.8 Å². The van der Waals surface area contributed by atoms with Crippen LogP contribution >= 0.6 is 0 Å². The van der Waals surface area contributed by atoms with Crippen LogP contribution < -0.4 is 15.0 Å². The number of carbonyl (C=O) groups excluding carboxylic acids is 1. The smallest absolute Gasteiger partial charge is 0.261 e. The molecule has 7 heteroatoms. The zero-order valence-electron chi connectivity index (χ0n) is 15.4. The molecule has 1 N–H and O–H groups in total. The lowest BCUT2D eigenvalue weighted by Crippen LogP contribution is -2.36. The van der Waals surface area contributed by atoms with E-state index >= 15 is 0 Å². The maximum absolute atomic E-state index is 12.7. The standard InChI is InChI=1S/C19H24N4O3/c1-4-26-19-15(6-5-13(2)20-19)18(24)22-16-7-8-17(21-14(16)3)23-9-11-25-12-10-23/h5-8H,4,9-12H2,1-3H3,(H,22,24). The number of nitrogens with one attached hydrogen (secondary N) is 1. The van der Waals surface area contributed by atoms with Gasteiger partial charge in [-0.2, -0.15) is 0 Å². The van der Waals surface area contributed by atoms with Gasteiger partial charge in [-0.15, -0.1) is 0 Å². The highest BCUT2D eigenvalue weighted by Crippen LogP contribution is 2.22. The zero-order chi connectivity index (χ0) is 18.5. The lowest BCUT2D eigenvalue weighted by molar-refractivity contribution is 0.102. The molecule has 0 saturated carbocycles. The molecule has 1 fully saturated rings. The Morgan fingerprint density at radius 1 is 1.19 bits per heavy atom. The molecule has 3 rings (SSSR count). The number of carbonyl (C=O) groups is 1. The second-order valence-corrected chi connectivity index (χ2v) is 6.09. The molecule has 1 amide bonds. The number of pyridine rings is 2. The molecule has 2 aromatic heterocycles. The van der Waals surface area contributed by atoms with Gasteiger partial charge in [0, 0.05) is 18.8 Å². The summed E-state index contributed by atoms with van der Waals surface area (Å²) in [4.78, 5) is 23.8. The van der Waals surface area contributed by atoms with E-state index in [0.29, 0.717) is 37.0 Å². The average molecular weight is 356 g/mol. The van der Waals surface area contributed by atoms with Crippen molar-refractivity contribution in [2.45, 2.75) is 20.8 Å². The predicted octanol–water partition coefficient (Wildman–Crippen LogP) is 2.58. The van der Waals surface area contributed by atoms with E-state index in [0.717, 1.165) is 30.3 Å². The van der Waals surface area contributed by atoms with Crippen molar-refractivity contribution in [3.8, 4) is 5.88 Å². The molecule has 0 unspecified atom stereocenters. The van der Waals surface area contributed by atoms with Crippen LogP contribution in [0.2, 0.25) is 0 Å². The molecule has 2 aromatic rings. The second kappa shape index (κ2) is 8.14. The first kappa shape index (κ1) is 18.1. The second-order valence-electron chi connectivity index (χ2n) is 6.09. The Morgan fingerprint density at radius 3 is 2.65 bits per heavy atom. The van der Waals surface area contributed by atoms with Gasteiger partial charge in [0.05, 0.1) is 31.2 Å². The lowest BCUT2D eigenvalue weighted by atomic mass is 10.2. The van der Waals surface area contributed by atoms with Crippen molar-refractivity contribution in [2.24, 2.45) is 0 Å². The lowest BCUT2D eigenvalue weighted by Gasteiger charge is -2.28. The summed E-state index contributed by atoms with van der Waals surface area (Å²) in [6.07, 6.45) is 0. The highest BCUT2D eigenvalue weighted by molar-refractivity contribution is 6.06. The van der Waals surface area contributed by atoms with Gasteiger partial charge < -0.3 is 19.7 Å². The number of nitrogens with zero attached hydrogens (tertiary/aromatic N) is 3. The first-order valence-electron chi connectivity index (χ1n) is 8.80. The van der Waals surface area contributed by atoms with Crippen molar-refractivity contribution in [1.29, 1.82) is 0 Å². The first-order chi connectivity index (χ1) is 12.6. The Morgan fingerprint density at radius 2 is 1.96 bits per heavy atom. The number of ether oxygens (including phenoxy) is 2. The maximum atomic E-state index is 12.7. The molecule has 7 nitrogen and oxygen atoms in total. The van der Waals surface area contributed by atoms with Crippen LogP contribution in [0.1, 0.15) is 28.7 Å². The van der Waals surface area contributed by atoms with E-state index in [1.165, 1.54) is 0 Å². The van der Waals surface area contributed by atoms with Crippen LogP contribution in [-0.2, 0) is 4.74 Å². The monoisotopic (exact) mass is 356 g/mol. The molecule has 3 heterocycles. The number of aromatic nitrogens is 2. The molecule has 0 radical (unpaired) electrons. The van der Waals surface area contributed by atoms with Gasteiger partial charge >= 0.3 is 0 Å². The molecule has 0 bridgehead atoms. The van der Waals surface area contributed by atoms with Crippen LogP contribution in [0.15, 0.2) is 24.3 Å². The quantitative estimate of drug-likeness (QED) is 0.887. The normalized spacial score (nSPS) is 14.2. The molecule has 138 valence electrons. The maximum Gasteiger partial charge on any atom is 0.261 e. The molecular formula is C19H24N4O3. The molecule has 0 spiro atoms. The van der Waals surface area contributed by atoms with Gasteiger partial charge in [-0.3, -0.25) is 4.79 Å². The van der Waals surface area contributed by atoms with E-state index in [1.54, 1.807) is 12.1 Å². The summed E-state index contributed by atoms with van der Waals surface area (Å²) < 4.78 is 10.9. The molecule has 1 saturated heterocycles. The SMILES string of the molecule is CCOc1nc(C)ccc1C(=O)Nc1ccc(N2CCOCC2)nc1C. The summed E-state index contributed by atoms with van der Waals surface area (Å²) in [5.41, 5.74) is 2.65. The fraction of sp³-hybridized carbons (Fsp3) is 0.421. The fourth-order valence-corrected chi connectivity index (χ4v) is 2.79. The van der Waals surface area contributed by atoms with Crippen molar-refractivity contribution >= 4 is 17.4 Å². The minimum atomic E-state index is -0.259. The summed E-state index contributed by atoms with van der Waals surface area (Å²) in [7, 11) is 0. The third-order valence-electron chi connectivity index (χ3n) is 4.18. The van der Waals surface area contributed by atoms with Crippen molar-refractivity contribution in [3.05, 3.63) is 41.2 Å². The van der Waals surface area contributed by atoms with Gasteiger partial charge in [-0.25, -0.2) is 9.97 Å². The fourth-order valence-electron chi connectivity index (χ4n) is 2.79. The summed E-state index contributed by atoms with van der Waals surface area (Å²) in [6.45, 7) is 9.13. The number of aryl methyl sites for hydroxylation is 2. The van der Waals surface area contributed by atoms with Crippen molar-refractivity contribution in [2.75, 3.05) is 43.1 Å². The summed E-state index contributed by atoms with van der Waals surface area (Å²) in [5, 5.41) is 2.91. The van der Waals surface area contributed by atoms with E-state index in [2.05, 4.69) is 20.2 Å². The molecule has 1 aliphatic heterocycles. The number of hydrogen-bond acceptors (Lipinski definition) is 6. The Bertz CT molecular complexity index is 788. The highest BCUT2D eigenvalue weighted by atomic mass is 16.5. The van der Waals surface area contributed by atoms with Crippen LogP contribution in [0.3, 0.4) is 0 Å². The third-order valence-corrected chi connectivity index (χ3v) is 4.18. The molecular weight excluding hydrogens is 332 g/mol. The van der Waals surface area contributed by atoms with E-state index in [1.807, 2.05) is 32.9 Å². The Labute approximate surface area is 153 Å².